The molecule has 2 aliphatic carbocycles. The van der Waals surface area contributed by atoms with Crippen LogP contribution in [0.5, 0.6) is 0 Å². The Morgan fingerprint density at radius 3 is 2.10 bits per heavy atom. The summed E-state index contributed by atoms with van der Waals surface area (Å²) in [5.41, 5.74) is 4.30. The molecule has 1 amide bonds. The molecule has 0 aliphatic heterocycles. The van der Waals surface area contributed by atoms with Gasteiger partial charge >= 0.3 is 12.1 Å². The summed E-state index contributed by atoms with van der Waals surface area (Å²) in [5.74, 6) is -0.996. The molecule has 1 atom stereocenters. The van der Waals surface area contributed by atoms with Crippen LogP contribution in [0.25, 0.3) is 0 Å². The number of ether oxygens (including phenoxy) is 1. The number of nitrogens with two attached hydrogens (primary N) is 1. The zero-order chi connectivity index (χ0) is 15.9. The van der Waals surface area contributed by atoms with Gasteiger partial charge in [-0.25, -0.2) is 4.79 Å². The fourth-order valence-corrected chi connectivity index (χ4v) is 3.68. The van der Waals surface area contributed by atoms with Gasteiger partial charge in [-0.15, -0.1) is 0 Å². The zero-order valence-corrected chi connectivity index (χ0v) is 13.1. The molecular weight excluding hydrogens is 272 g/mol. The van der Waals surface area contributed by atoms with Gasteiger partial charge in [-0.2, -0.15) is 0 Å². The van der Waals surface area contributed by atoms with Crippen LogP contribution in [-0.4, -0.2) is 34.4 Å². The highest BCUT2D eigenvalue weighted by Crippen LogP contribution is 2.61. The van der Waals surface area contributed by atoms with Crippen LogP contribution in [0, 0.1) is 5.41 Å². The Labute approximate surface area is 125 Å². The van der Waals surface area contributed by atoms with Gasteiger partial charge in [0.25, 0.3) is 0 Å². The summed E-state index contributed by atoms with van der Waals surface area (Å²) in [7, 11) is 0. The summed E-state index contributed by atoms with van der Waals surface area (Å²) in [6, 6.07) is -0.939. The quantitative estimate of drug-likeness (QED) is 0.737. The number of nitrogens with one attached hydrogen (secondary N) is 1. The Hall–Kier alpha value is -1.30. The number of amides is 1. The molecule has 2 saturated carbocycles. The van der Waals surface area contributed by atoms with Crippen LogP contribution in [0.2, 0.25) is 0 Å². The number of rotatable bonds is 4. The van der Waals surface area contributed by atoms with Gasteiger partial charge in [-0.1, -0.05) is 12.8 Å². The zero-order valence-electron chi connectivity index (χ0n) is 13.1. The summed E-state index contributed by atoms with van der Waals surface area (Å²) in [4.78, 5) is 23.5. The lowest BCUT2D eigenvalue weighted by Gasteiger charge is -2.41. The minimum atomic E-state index is -0.996. The van der Waals surface area contributed by atoms with Gasteiger partial charge in [0.2, 0.25) is 0 Å². The van der Waals surface area contributed by atoms with Crippen molar-refractivity contribution in [3.63, 3.8) is 0 Å². The maximum atomic E-state index is 12.2. The van der Waals surface area contributed by atoms with E-state index in [1.165, 1.54) is 0 Å². The molecule has 0 bridgehead atoms. The van der Waals surface area contributed by atoms with Gasteiger partial charge in [0.1, 0.15) is 11.6 Å². The highest BCUT2D eigenvalue weighted by Gasteiger charge is 2.65. The number of carbonyl (C=O) groups is 2. The first-order valence-electron chi connectivity index (χ1n) is 7.62. The number of carboxylic acid groups (broad SMARTS) is 1. The van der Waals surface area contributed by atoms with Crippen molar-refractivity contribution >= 4 is 12.1 Å². The summed E-state index contributed by atoms with van der Waals surface area (Å²) in [6.07, 6.45) is 4.51. The van der Waals surface area contributed by atoms with Gasteiger partial charge in [0, 0.05) is 5.41 Å². The van der Waals surface area contributed by atoms with Crippen LogP contribution < -0.4 is 11.1 Å². The standard InChI is InChI=1S/C15H26N2O4/c1-13(2,3)21-12(20)17-15(6-4-5-7-15)14(8-9-14)10(16)11(18)19/h10H,4-9,16H2,1-3H3,(H,17,20)(H,18,19). The Morgan fingerprint density at radius 2 is 1.71 bits per heavy atom. The number of hydrogen-bond donors (Lipinski definition) is 3. The molecule has 6 nitrogen and oxygen atoms in total. The average molecular weight is 298 g/mol. The Kier molecular flexibility index (Phi) is 3.95. The molecule has 6 heteroatoms. The predicted octanol–water partition coefficient (Wildman–Crippen LogP) is 2.02. The monoisotopic (exact) mass is 298 g/mol. The van der Waals surface area contributed by atoms with Crippen molar-refractivity contribution in [3.8, 4) is 0 Å². The van der Waals surface area contributed by atoms with E-state index in [4.69, 9.17) is 10.5 Å². The van der Waals surface area contributed by atoms with E-state index in [-0.39, 0.29) is 0 Å². The summed E-state index contributed by atoms with van der Waals surface area (Å²) < 4.78 is 5.35. The third kappa shape index (κ3) is 3.00. The van der Waals surface area contributed by atoms with Crippen molar-refractivity contribution in [2.75, 3.05) is 0 Å². The van der Waals surface area contributed by atoms with Crippen LogP contribution in [0.15, 0.2) is 0 Å². The van der Waals surface area contributed by atoms with E-state index < -0.39 is 34.7 Å². The smallest absolute Gasteiger partial charge is 0.408 e. The second kappa shape index (κ2) is 5.16. The van der Waals surface area contributed by atoms with Gasteiger partial charge in [0.05, 0.1) is 5.54 Å². The van der Waals surface area contributed by atoms with Crippen LogP contribution in [-0.2, 0) is 9.53 Å². The largest absolute Gasteiger partial charge is 0.480 e. The molecule has 0 aromatic carbocycles. The highest BCUT2D eigenvalue weighted by atomic mass is 16.6. The lowest BCUT2D eigenvalue weighted by molar-refractivity contribution is -0.141. The van der Waals surface area contributed by atoms with Gasteiger partial charge in [-0.05, 0) is 46.5 Å². The number of alkyl carbamates (subject to hydrolysis) is 1. The Bertz CT molecular complexity index is 431. The van der Waals surface area contributed by atoms with Crippen molar-refractivity contribution in [2.24, 2.45) is 11.1 Å². The number of hydrogen-bond acceptors (Lipinski definition) is 4. The highest BCUT2D eigenvalue weighted by molar-refractivity contribution is 5.76. The Balaban J connectivity index is 2.18. The first-order valence-corrected chi connectivity index (χ1v) is 7.62. The topological polar surface area (TPSA) is 102 Å². The van der Waals surface area contributed by atoms with Crippen molar-refractivity contribution in [1.29, 1.82) is 0 Å². The maximum absolute atomic E-state index is 12.2. The molecule has 2 aliphatic rings. The second-order valence-electron chi connectivity index (χ2n) is 7.39. The molecule has 0 aromatic rings. The average Bonchev–Trinajstić information content (AvgIpc) is 3.02. The molecule has 0 radical (unpaired) electrons. The van der Waals surface area contributed by atoms with E-state index in [2.05, 4.69) is 5.32 Å². The number of aliphatic carboxylic acids is 1. The minimum Gasteiger partial charge on any atom is -0.480 e. The molecule has 120 valence electrons. The SMILES string of the molecule is CC(C)(C)OC(=O)NC1(C2(C(N)C(=O)O)CC2)CCCC1. The van der Waals surface area contributed by atoms with Crippen LogP contribution in [0.1, 0.15) is 59.3 Å². The maximum Gasteiger partial charge on any atom is 0.408 e. The fraction of sp³-hybridized carbons (Fsp3) is 0.867. The van der Waals surface area contributed by atoms with Crippen molar-refractivity contribution in [2.45, 2.75) is 76.5 Å². The Morgan fingerprint density at radius 1 is 1.19 bits per heavy atom. The molecule has 0 aromatic heterocycles. The van der Waals surface area contributed by atoms with Crippen LogP contribution >= 0.6 is 0 Å². The minimum absolute atomic E-state index is 0.478. The summed E-state index contributed by atoms with van der Waals surface area (Å²) in [5, 5.41) is 12.3. The first kappa shape index (κ1) is 16.1. The van der Waals surface area contributed by atoms with Gasteiger partial charge in [0.15, 0.2) is 0 Å². The third-order valence-corrected chi connectivity index (χ3v) is 4.80. The second-order valence-corrected chi connectivity index (χ2v) is 7.39. The van der Waals surface area contributed by atoms with E-state index in [1.807, 2.05) is 20.8 Å². The lowest BCUT2D eigenvalue weighted by atomic mass is 9.74. The summed E-state index contributed by atoms with van der Waals surface area (Å²) >= 11 is 0. The number of carboxylic acids is 1. The molecule has 1 unspecified atom stereocenters. The first-order chi connectivity index (χ1) is 9.62. The van der Waals surface area contributed by atoms with Gasteiger partial charge in [-0.3, -0.25) is 4.79 Å². The molecule has 4 N–H and O–H groups in total. The van der Waals surface area contributed by atoms with E-state index >= 15 is 0 Å². The molecule has 0 spiro atoms. The molecule has 21 heavy (non-hydrogen) atoms. The van der Waals surface area contributed by atoms with Crippen molar-refractivity contribution in [3.05, 3.63) is 0 Å². The molecule has 2 fully saturated rings. The third-order valence-electron chi connectivity index (χ3n) is 4.80. The van der Waals surface area contributed by atoms with Crippen LogP contribution in [0.4, 0.5) is 4.79 Å². The van der Waals surface area contributed by atoms with Crippen molar-refractivity contribution in [1.82, 2.24) is 5.32 Å². The molecule has 0 saturated heterocycles. The molecule has 2 rings (SSSR count). The van der Waals surface area contributed by atoms with E-state index in [0.717, 1.165) is 38.5 Å². The predicted molar refractivity (Wildman–Crippen MR) is 77.8 cm³/mol. The summed E-state index contributed by atoms with van der Waals surface area (Å²) in [6.45, 7) is 5.43. The van der Waals surface area contributed by atoms with Crippen LogP contribution in [0.3, 0.4) is 0 Å². The molecular formula is C15H26N2O4. The number of carbonyl (C=O) groups excluding carboxylic acids is 1. The van der Waals surface area contributed by atoms with E-state index in [0.29, 0.717) is 0 Å². The fourth-order valence-electron chi connectivity index (χ4n) is 3.68. The van der Waals surface area contributed by atoms with Crippen molar-refractivity contribution < 1.29 is 19.4 Å². The molecule has 0 heterocycles. The lowest BCUT2D eigenvalue weighted by Crippen LogP contribution is -2.61. The normalized spacial score (nSPS) is 24.2. The van der Waals surface area contributed by atoms with Gasteiger partial charge < -0.3 is 20.9 Å². The van der Waals surface area contributed by atoms with E-state index in [9.17, 15) is 14.7 Å². The van der Waals surface area contributed by atoms with E-state index in [1.54, 1.807) is 0 Å².